The molecule has 6 nitrogen and oxygen atoms in total. The Bertz CT molecular complexity index is 1040. The highest BCUT2D eigenvalue weighted by Crippen LogP contribution is 2.41. The van der Waals surface area contributed by atoms with Gasteiger partial charge in [0.1, 0.15) is 5.75 Å². The molecule has 3 rings (SSSR count). The average molecular weight is 480 g/mol. The lowest BCUT2D eigenvalue weighted by atomic mass is 9.71. The average Bonchev–Trinajstić information content (AvgIpc) is 2.91. The van der Waals surface area contributed by atoms with Gasteiger partial charge in [0.25, 0.3) is 0 Å². The van der Waals surface area contributed by atoms with Gasteiger partial charge in [0.2, 0.25) is 0 Å². The molecule has 0 amide bonds. The summed E-state index contributed by atoms with van der Waals surface area (Å²) in [7, 11) is 5.41. The van der Waals surface area contributed by atoms with E-state index in [0.29, 0.717) is 5.75 Å². The number of hydrogen-bond acceptors (Lipinski definition) is 6. The molecule has 6 heteroatoms. The van der Waals surface area contributed by atoms with Crippen LogP contribution in [0.2, 0.25) is 0 Å². The van der Waals surface area contributed by atoms with Gasteiger partial charge in [-0.15, -0.1) is 0 Å². The summed E-state index contributed by atoms with van der Waals surface area (Å²) >= 11 is 0. The maximum absolute atomic E-state index is 10.7. The summed E-state index contributed by atoms with van der Waals surface area (Å²) < 4.78 is 16.3. The monoisotopic (exact) mass is 479 g/mol. The molecule has 0 fully saturated rings. The lowest BCUT2D eigenvalue weighted by Crippen LogP contribution is -2.34. The van der Waals surface area contributed by atoms with Crippen molar-refractivity contribution in [1.82, 2.24) is 4.90 Å². The van der Waals surface area contributed by atoms with Crippen LogP contribution in [0.3, 0.4) is 0 Å². The summed E-state index contributed by atoms with van der Waals surface area (Å²) in [5.74, 6) is 2.07. The molecule has 0 saturated carbocycles. The highest BCUT2D eigenvalue weighted by Gasteiger charge is 2.35. The smallest absolute Gasteiger partial charge is 0.186 e. The zero-order chi connectivity index (χ0) is 25.1. The van der Waals surface area contributed by atoms with Crippen molar-refractivity contribution < 1.29 is 24.4 Å². The van der Waals surface area contributed by atoms with Gasteiger partial charge in [-0.2, -0.15) is 0 Å². The summed E-state index contributed by atoms with van der Waals surface area (Å²) in [5, 5.41) is 20.1. The number of nitrogens with zero attached hydrogens (tertiary/aromatic N) is 1. The second kappa shape index (κ2) is 13.1. The van der Waals surface area contributed by atoms with Crippen molar-refractivity contribution in [2.24, 2.45) is 0 Å². The third-order valence-electron chi connectivity index (χ3n) is 6.59. The van der Waals surface area contributed by atoms with Crippen molar-refractivity contribution >= 4 is 0 Å². The molecule has 1 atom stereocenters. The molecule has 0 spiro atoms. The summed E-state index contributed by atoms with van der Waals surface area (Å²) in [4.78, 5) is 2.31. The number of aliphatic hydroxyl groups excluding tert-OH is 2. The molecule has 0 bridgehead atoms. The van der Waals surface area contributed by atoms with Crippen LogP contribution in [0.5, 0.6) is 17.2 Å². The minimum Gasteiger partial charge on any atom is -0.493 e. The van der Waals surface area contributed by atoms with Gasteiger partial charge in [-0.05, 0) is 62.2 Å². The zero-order valence-electron chi connectivity index (χ0n) is 20.9. The molecule has 0 aromatic heterocycles. The van der Waals surface area contributed by atoms with Crippen molar-refractivity contribution in [2.75, 3.05) is 47.8 Å². The fraction of sp³-hybridized carbons (Fsp3) is 0.379. The van der Waals surface area contributed by atoms with Crippen molar-refractivity contribution in [3.05, 3.63) is 89.5 Å². The summed E-state index contributed by atoms with van der Waals surface area (Å²) in [6.07, 6.45) is 2.51. The molecule has 0 heterocycles. The third kappa shape index (κ3) is 6.54. The topological polar surface area (TPSA) is 71.4 Å². The Balaban J connectivity index is 1.71. The van der Waals surface area contributed by atoms with E-state index in [1.54, 1.807) is 14.2 Å². The number of rotatable bonds is 14. The number of para-hydroxylation sites is 1. The van der Waals surface area contributed by atoms with Gasteiger partial charge in [-0.25, -0.2) is 0 Å². The fourth-order valence-electron chi connectivity index (χ4n) is 4.62. The number of benzene rings is 3. The van der Waals surface area contributed by atoms with E-state index in [1.807, 2.05) is 66.7 Å². The number of hydrogen-bond donors (Lipinski definition) is 2. The maximum Gasteiger partial charge on any atom is 0.186 e. The molecule has 188 valence electrons. The normalized spacial score (nSPS) is 12.9. The van der Waals surface area contributed by atoms with Gasteiger partial charge in [0.15, 0.2) is 18.3 Å². The quantitative estimate of drug-likeness (QED) is 0.337. The SMILES string of the molecule is COc1ccc(CCN(C)CCCC(CO)(c2ccccc2)c2ccccc2OCO)cc1OC. The van der Waals surface area contributed by atoms with E-state index in [-0.39, 0.29) is 6.61 Å². The lowest BCUT2D eigenvalue weighted by molar-refractivity contribution is 0.0946. The number of methoxy groups -OCH3 is 2. The van der Waals surface area contributed by atoms with E-state index in [9.17, 15) is 10.2 Å². The first-order chi connectivity index (χ1) is 17.1. The lowest BCUT2D eigenvalue weighted by Gasteiger charge is -2.35. The minimum absolute atomic E-state index is 0.0574. The molecule has 35 heavy (non-hydrogen) atoms. The molecule has 0 saturated heterocycles. The van der Waals surface area contributed by atoms with Gasteiger partial charge in [0, 0.05) is 17.5 Å². The van der Waals surface area contributed by atoms with Crippen molar-refractivity contribution in [2.45, 2.75) is 24.7 Å². The highest BCUT2D eigenvalue weighted by atomic mass is 16.6. The van der Waals surface area contributed by atoms with Crippen LogP contribution in [-0.2, 0) is 11.8 Å². The summed E-state index contributed by atoms with van der Waals surface area (Å²) in [5.41, 5.74) is 2.48. The predicted octanol–water partition coefficient (Wildman–Crippen LogP) is 4.27. The standard InChI is InChI=1S/C29H37NO5/c1-30(19-16-23-14-15-27(33-2)28(20-23)34-3)18-9-17-29(21-31,24-10-5-4-6-11-24)25-12-7-8-13-26(25)35-22-32/h4-8,10-15,20,31-32H,9,16-19,21-22H2,1-3H3. The van der Waals surface area contributed by atoms with Crippen molar-refractivity contribution in [3.8, 4) is 17.2 Å². The predicted molar refractivity (Wildman–Crippen MR) is 138 cm³/mol. The summed E-state index contributed by atoms with van der Waals surface area (Å²) in [6.45, 7) is 1.31. The van der Waals surface area contributed by atoms with Gasteiger partial charge in [0.05, 0.1) is 20.8 Å². The zero-order valence-corrected chi connectivity index (χ0v) is 20.9. The van der Waals surface area contributed by atoms with Crippen molar-refractivity contribution in [1.29, 1.82) is 0 Å². The Hall–Kier alpha value is -3.06. The second-order valence-corrected chi connectivity index (χ2v) is 8.72. The Labute approximate surface area is 208 Å². The van der Waals surface area contributed by atoms with Crippen LogP contribution in [-0.4, -0.2) is 62.9 Å². The van der Waals surface area contributed by atoms with Crippen LogP contribution in [0.1, 0.15) is 29.5 Å². The Morgan fingerprint density at radius 1 is 0.800 bits per heavy atom. The van der Waals surface area contributed by atoms with E-state index in [1.165, 1.54) is 5.56 Å². The van der Waals surface area contributed by atoms with E-state index < -0.39 is 12.2 Å². The molecular formula is C29H37NO5. The molecule has 3 aromatic carbocycles. The Morgan fingerprint density at radius 3 is 2.20 bits per heavy atom. The Kier molecular flexibility index (Phi) is 9.97. The third-order valence-corrected chi connectivity index (χ3v) is 6.59. The van der Waals surface area contributed by atoms with Crippen LogP contribution in [0.4, 0.5) is 0 Å². The van der Waals surface area contributed by atoms with Crippen LogP contribution in [0.25, 0.3) is 0 Å². The van der Waals surface area contributed by atoms with Gasteiger partial charge < -0.3 is 29.3 Å². The molecule has 0 aliphatic rings. The van der Waals surface area contributed by atoms with Crippen LogP contribution in [0, 0.1) is 0 Å². The summed E-state index contributed by atoms with van der Waals surface area (Å²) in [6, 6.07) is 23.7. The molecule has 0 aliphatic carbocycles. The van der Waals surface area contributed by atoms with Crippen LogP contribution in [0.15, 0.2) is 72.8 Å². The van der Waals surface area contributed by atoms with Crippen LogP contribution >= 0.6 is 0 Å². The molecule has 0 aliphatic heterocycles. The maximum atomic E-state index is 10.7. The van der Waals surface area contributed by atoms with E-state index in [0.717, 1.165) is 55.0 Å². The fourth-order valence-corrected chi connectivity index (χ4v) is 4.62. The first-order valence-corrected chi connectivity index (χ1v) is 12.0. The molecule has 3 aromatic rings. The molecule has 0 radical (unpaired) electrons. The number of aliphatic hydroxyl groups is 2. The minimum atomic E-state index is -0.628. The highest BCUT2D eigenvalue weighted by molar-refractivity contribution is 5.47. The van der Waals surface area contributed by atoms with E-state index in [2.05, 4.69) is 18.0 Å². The number of likely N-dealkylation sites (N-methyl/N-ethyl adjacent to an activating group) is 1. The second-order valence-electron chi connectivity index (χ2n) is 8.72. The van der Waals surface area contributed by atoms with E-state index >= 15 is 0 Å². The van der Waals surface area contributed by atoms with Gasteiger partial charge in [-0.3, -0.25) is 0 Å². The largest absolute Gasteiger partial charge is 0.493 e. The molecule has 1 unspecified atom stereocenters. The van der Waals surface area contributed by atoms with Crippen molar-refractivity contribution in [3.63, 3.8) is 0 Å². The number of ether oxygens (including phenoxy) is 3. The van der Waals surface area contributed by atoms with Gasteiger partial charge >= 0.3 is 0 Å². The first-order valence-electron chi connectivity index (χ1n) is 12.0. The van der Waals surface area contributed by atoms with Crippen LogP contribution < -0.4 is 14.2 Å². The Morgan fingerprint density at radius 2 is 1.51 bits per heavy atom. The molecular weight excluding hydrogens is 442 g/mol. The van der Waals surface area contributed by atoms with E-state index in [4.69, 9.17) is 14.2 Å². The van der Waals surface area contributed by atoms with Gasteiger partial charge in [-0.1, -0.05) is 54.6 Å². The molecule has 2 N–H and O–H groups in total. The first kappa shape index (κ1) is 26.5.